The van der Waals surface area contributed by atoms with Crippen molar-refractivity contribution in [2.45, 2.75) is 13.5 Å². The van der Waals surface area contributed by atoms with Crippen LogP contribution in [0.5, 0.6) is 0 Å². The van der Waals surface area contributed by atoms with E-state index in [4.69, 9.17) is 11.6 Å². The van der Waals surface area contributed by atoms with Gasteiger partial charge in [-0.15, -0.1) is 5.10 Å². The molecule has 0 saturated carbocycles. The zero-order chi connectivity index (χ0) is 16.9. The van der Waals surface area contributed by atoms with E-state index in [-0.39, 0.29) is 5.91 Å². The van der Waals surface area contributed by atoms with Gasteiger partial charge in [-0.3, -0.25) is 4.79 Å². The molecule has 126 valence electrons. The minimum Gasteiger partial charge on any atom is -0.352 e. The maximum absolute atomic E-state index is 11.4. The first-order chi connectivity index (χ1) is 11.6. The number of anilines is 2. The Hall–Kier alpha value is -2.41. The number of benzene rings is 1. The van der Waals surface area contributed by atoms with E-state index < -0.39 is 0 Å². The van der Waals surface area contributed by atoms with Crippen LogP contribution in [0.4, 0.5) is 11.8 Å². The molecule has 1 aliphatic rings. The van der Waals surface area contributed by atoms with Crippen molar-refractivity contribution < 1.29 is 4.79 Å². The Morgan fingerprint density at radius 1 is 1.21 bits per heavy atom. The zero-order valence-corrected chi connectivity index (χ0v) is 14.2. The maximum atomic E-state index is 11.4. The fourth-order valence-electron chi connectivity index (χ4n) is 2.56. The smallest absolute Gasteiger partial charge is 0.244 e. The van der Waals surface area contributed by atoms with E-state index in [2.05, 4.69) is 25.4 Å². The number of piperazine rings is 1. The van der Waals surface area contributed by atoms with Crippen molar-refractivity contribution in [2.24, 2.45) is 0 Å². The van der Waals surface area contributed by atoms with Crippen molar-refractivity contribution in [1.82, 2.24) is 20.1 Å². The van der Waals surface area contributed by atoms with Crippen molar-refractivity contribution in [3.63, 3.8) is 0 Å². The summed E-state index contributed by atoms with van der Waals surface area (Å²) in [7, 11) is 0. The highest BCUT2D eigenvalue weighted by molar-refractivity contribution is 6.30. The van der Waals surface area contributed by atoms with E-state index in [1.807, 2.05) is 29.2 Å². The summed E-state index contributed by atoms with van der Waals surface area (Å²) in [5, 5.41) is 11.9. The largest absolute Gasteiger partial charge is 0.352 e. The Morgan fingerprint density at radius 3 is 2.58 bits per heavy atom. The second kappa shape index (κ2) is 7.44. The number of aromatic nitrogens is 3. The van der Waals surface area contributed by atoms with E-state index in [9.17, 15) is 4.79 Å². The lowest BCUT2D eigenvalue weighted by Gasteiger charge is -2.34. The Balaban J connectivity index is 1.60. The minimum atomic E-state index is 0.112. The summed E-state index contributed by atoms with van der Waals surface area (Å²) in [6, 6.07) is 7.60. The first kappa shape index (κ1) is 16.4. The summed E-state index contributed by atoms with van der Waals surface area (Å²) >= 11 is 5.88. The first-order valence-electron chi connectivity index (χ1n) is 7.80. The lowest BCUT2D eigenvalue weighted by atomic mass is 10.2. The average molecular weight is 347 g/mol. The molecule has 0 radical (unpaired) electrons. The fraction of sp³-hybridized carbons (Fsp3) is 0.375. The number of nitrogens with one attached hydrogen (secondary N) is 1. The molecule has 1 N–H and O–H groups in total. The zero-order valence-electron chi connectivity index (χ0n) is 13.4. The van der Waals surface area contributed by atoms with E-state index >= 15 is 0 Å². The first-order valence-corrected chi connectivity index (χ1v) is 8.18. The van der Waals surface area contributed by atoms with Crippen LogP contribution in [0.2, 0.25) is 5.02 Å². The Bertz CT molecular complexity index is 700. The molecular formula is C16H19ClN6O. The van der Waals surface area contributed by atoms with Crippen LogP contribution < -0.4 is 10.2 Å². The number of nitrogens with zero attached hydrogens (tertiary/aromatic N) is 5. The molecule has 0 aliphatic carbocycles. The van der Waals surface area contributed by atoms with E-state index in [1.165, 1.54) is 0 Å². The maximum Gasteiger partial charge on any atom is 0.244 e. The molecule has 7 nitrogen and oxygen atoms in total. The van der Waals surface area contributed by atoms with Crippen LogP contribution in [0.3, 0.4) is 0 Å². The summed E-state index contributed by atoms with van der Waals surface area (Å²) < 4.78 is 0. The normalized spacial score (nSPS) is 14.6. The van der Waals surface area contributed by atoms with Gasteiger partial charge >= 0.3 is 0 Å². The van der Waals surface area contributed by atoms with Crippen molar-refractivity contribution in [3.05, 3.63) is 41.0 Å². The molecule has 1 amide bonds. The van der Waals surface area contributed by atoms with Gasteiger partial charge in [-0.05, 0) is 17.7 Å². The molecule has 1 aromatic carbocycles. The lowest BCUT2D eigenvalue weighted by Crippen LogP contribution is -2.48. The number of carbonyl (C=O) groups is 1. The van der Waals surface area contributed by atoms with Gasteiger partial charge in [-0.1, -0.05) is 23.7 Å². The molecule has 24 heavy (non-hydrogen) atoms. The number of hydrogen-bond donors (Lipinski definition) is 1. The van der Waals surface area contributed by atoms with E-state index in [1.54, 1.807) is 13.1 Å². The third-order valence-corrected chi connectivity index (χ3v) is 4.21. The Labute approximate surface area is 145 Å². The van der Waals surface area contributed by atoms with Crippen molar-refractivity contribution in [3.8, 4) is 0 Å². The number of rotatable bonds is 4. The number of carbonyl (C=O) groups excluding carboxylic acids is 1. The fourth-order valence-corrected chi connectivity index (χ4v) is 2.68. The van der Waals surface area contributed by atoms with E-state index in [0.717, 1.165) is 24.5 Å². The molecule has 1 fully saturated rings. The topological polar surface area (TPSA) is 74.2 Å². The van der Waals surface area contributed by atoms with Gasteiger partial charge in [0, 0.05) is 44.7 Å². The SMILES string of the molecule is CC(=O)N1CCN(c2cnnc(NCc3ccc(Cl)cc3)n2)CC1. The molecule has 1 aliphatic heterocycles. The quantitative estimate of drug-likeness (QED) is 0.910. The highest BCUT2D eigenvalue weighted by atomic mass is 35.5. The highest BCUT2D eigenvalue weighted by Crippen LogP contribution is 2.15. The molecule has 2 aromatic rings. The molecule has 1 aromatic heterocycles. The van der Waals surface area contributed by atoms with E-state index in [0.29, 0.717) is 30.6 Å². The van der Waals surface area contributed by atoms with Crippen LogP contribution in [0.1, 0.15) is 12.5 Å². The van der Waals surface area contributed by atoms with Gasteiger partial charge in [-0.2, -0.15) is 10.1 Å². The number of amides is 1. The van der Waals surface area contributed by atoms with Crippen molar-refractivity contribution in [2.75, 3.05) is 36.4 Å². The van der Waals surface area contributed by atoms with Crippen LogP contribution in [0.15, 0.2) is 30.5 Å². The number of hydrogen-bond acceptors (Lipinski definition) is 6. The molecular weight excluding hydrogens is 328 g/mol. The van der Waals surface area contributed by atoms with Gasteiger partial charge < -0.3 is 15.1 Å². The molecule has 0 atom stereocenters. The molecule has 1 saturated heterocycles. The predicted molar refractivity (Wildman–Crippen MR) is 93.1 cm³/mol. The lowest BCUT2D eigenvalue weighted by molar-refractivity contribution is -0.129. The van der Waals surface area contributed by atoms with Gasteiger partial charge in [0.05, 0.1) is 6.20 Å². The van der Waals surface area contributed by atoms with Crippen LogP contribution >= 0.6 is 11.6 Å². The molecule has 0 unspecified atom stereocenters. The third-order valence-electron chi connectivity index (χ3n) is 3.96. The summed E-state index contributed by atoms with van der Waals surface area (Å²) in [6.07, 6.45) is 1.65. The van der Waals surface area contributed by atoms with Crippen molar-refractivity contribution >= 4 is 29.3 Å². The molecule has 8 heteroatoms. The van der Waals surface area contributed by atoms with Crippen molar-refractivity contribution in [1.29, 1.82) is 0 Å². The third kappa shape index (κ3) is 4.11. The molecule has 0 bridgehead atoms. The Kier molecular flexibility index (Phi) is 5.10. The average Bonchev–Trinajstić information content (AvgIpc) is 2.61. The monoisotopic (exact) mass is 346 g/mol. The predicted octanol–water partition coefficient (Wildman–Crippen LogP) is 1.81. The number of halogens is 1. The van der Waals surface area contributed by atoms with Gasteiger partial charge in [-0.25, -0.2) is 0 Å². The molecule has 0 spiro atoms. The second-order valence-corrected chi connectivity index (χ2v) is 6.05. The van der Waals surface area contributed by atoms with Gasteiger partial charge in [0.15, 0.2) is 5.82 Å². The molecule has 2 heterocycles. The molecule has 3 rings (SSSR count). The van der Waals surface area contributed by atoms with Gasteiger partial charge in [0.1, 0.15) is 0 Å². The van der Waals surface area contributed by atoms with Crippen LogP contribution in [-0.2, 0) is 11.3 Å². The summed E-state index contributed by atoms with van der Waals surface area (Å²) in [6.45, 7) is 5.09. The standard InChI is InChI=1S/C16H19ClN6O/c1-12(24)22-6-8-23(9-7-22)15-11-19-21-16(20-15)18-10-13-2-4-14(17)5-3-13/h2-5,11H,6-10H2,1H3,(H,18,20,21). The van der Waals surface area contributed by atoms with Gasteiger partial charge in [0.25, 0.3) is 0 Å². The second-order valence-electron chi connectivity index (χ2n) is 5.61. The summed E-state index contributed by atoms with van der Waals surface area (Å²) in [4.78, 5) is 19.8. The summed E-state index contributed by atoms with van der Waals surface area (Å²) in [5.74, 6) is 1.36. The van der Waals surface area contributed by atoms with Crippen LogP contribution in [-0.4, -0.2) is 52.2 Å². The summed E-state index contributed by atoms with van der Waals surface area (Å²) in [5.41, 5.74) is 1.09. The van der Waals surface area contributed by atoms with Crippen LogP contribution in [0, 0.1) is 0 Å². The van der Waals surface area contributed by atoms with Crippen LogP contribution in [0.25, 0.3) is 0 Å². The minimum absolute atomic E-state index is 0.112. The highest BCUT2D eigenvalue weighted by Gasteiger charge is 2.20. The van der Waals surface area contributed by atoms with Gasteiger partial charge in [0.2, 0.25) is 11.9 Å². The Morgan fingerprint density at radius 2 is 1.92 bits per heavy atom.